The van der Waals surface area contributed by atoms with Crippen molar-refractivity contribution in [1.82, 2.24) is 15.1 Å². The molecule has 168 valence electrons. The van der Waals surface area contributed by atoms with E-state index in [0.717, 1.165) is 6.20 Å². The van der Waals surface area contributed by atoms with Gasteiger partial charge in [0.25, 0.3) is 5.91 Å². The van der Waals surface area contributed by atoms with Gasteiger partial charge in [0.2, 0.25) is 5.91 Å². The number of alkyl halides is 3. The van der Waals surface area contributed by atoms with E-state index in [-0.39, 0.29) is 29.1 Å². The first-order valence-electron chi connectivity index (χ1n) is 9.65. The maximum absolute atomic E-state index is 13.7. The second kappa shape index (κ2) is 9.44. The Hall–Kier alpha value is -3.33. The highest BCUT2D eigenvalue weighted by Gasteiger charge is 2.40. The Morgan fingerprint density at radius 3 is 2.41 bits per heavy atom. The molecule has 0 spiro atoms. The molecule has 0 radical (unpaired) electrons. The van der Waals surface area contributed by atoms with Crippen LogP contribution in [-0.4, -0.2) is 21.6 Å². The Kier molecular flexibility index (Phi) is 6.88. The normalized spacial score (nSPS) is 11.5. The average Bonchev–Trinajstić information content (AvgIpc) is 3.19. The van der Waals surface area contributed by atoms with E-state index in [2.05, 4.69) is 15.7 Å². The molecule has 0 saturated heterocycles. The zero-order chi connectivity index (χ0) is 23.5. The number of carbonyl (C=O) groups is 2. The van der Waals surface area contributed by atoms with Gasteiger partial charge in [-0.2, -0.15) is 18.3 Å². The van der Waals surface area contributed by atoms with Crippen molar-refractivity contribution in [2.75, 3.05) is 5.32 Å². The SMILES string of the molecule is CC(C)C(=O)Nc1ccc(CNC(=O)c2cnn(-c3cccc(Cl)c3)c2C(F)(F)F)cc1. The molecule has 1 heterocycles. The molecule has 2 aromatic carbocycles. The molecule has 0 bridgehead atoms. The number of carbonyl (C=O) groups excluding carboxylic acids is 2. The molecule has 3 aromatic rings. The van der Waals surface area contributed by atoms with Gasteiger partial charge in [0.15, 0.2) is 5.69 Å². The average molecular weight is 465 g/mol. The molecule has 0 aliphatic carbocycles. The fourth-order valence-corrected chi connectivity index (χ4v) is 3.05. The lowest BCUT2D eigenvalue weighted by Gasteiger charge is -2.13. The van der Waals surface area contributed by atoms with Gasteiger partial charge in [0.05, 0.1) is 17.4 Å². The van der Waals surface area contributed by atoms with E-state index in [4.69, 9.17) is 11.6 Å². The van der Waals surface area contributed by atoms with Gasteiger partial charge in [-0.25, -0.2) is 4.68 Å². The van der Waals surface area contributed by atoms with Crippen LogP contribution in [-0.2, 0) is 17.5 Å². The van der Waals surface area contributed by atoms with Crippen molar-refractivity contribution in [2.45, 2.75) is 26.6 Å². The molecule has 1 aromatic heterocycles. The lowest BCUT2D eigenvalue weighted by molar-refractivity contribution is -0.143. The molecule has 6 nitrogen and oxygen atoms in total. The van der Waals surface area contributed by atoms with E-state index in [9.17, 15) is 22.8 Å². The molecular formula is C22H20ClF3N4O2. The Morgan fingerprint density at radius 2 is 1.81 bits per heavy atom. The van der Waals surface area contributed by atoms with Gasteiger partial charge in [-0.05, 0) is 35.9 Å². The summed E-state index contributed by atoms with van der Waals surface area (Å²) >= 11 is 5.88. The number of benzene rings is 2. The van der Waals surface area contributed by atoms with E-state index in [0.29, 0.717) is 15.9 Å². The minimum Gasteiger partial charge on any atom is -0.348 e. The van der Waals surface area contributed by atoms with Crippen LogP contribution in [0.3, 0.4) is 0 Å². The van der Waals surface area contributed by atoms with Crippen LogP contribution in [0.1, 0.15) is 35.5 Å². The molecule has 0 saturated carbocycles. The van der Waals surface area contributed by atoms with E-state index in [1.807, 2.05) is 0 Å². The van der Waals surface area contributed by atoms with Crippen LogP contribution >= 0.6 is 11.6 Å². The fraction of sp³-hybridized carbons (Fsp3) is 0.227. The topological polar surface area (TPSA) is 76.0 Å². The second-order valence-corrected chi connectivity index (χ2v) is 7.76. The maximum Gasteiger partial charge on any atom is 0.434 e. The summed E-state index contributed by atoms with van der Waals surface area (Å²) in [6.45, 7) is 3.53. The zero-order valence-electron chi connectivity index (χ0n) is 17.2. The quantitative estimate of drug-likeness (QED) is 0.535. The summed E-state index contributed by atoms with van der Waals surface area (Å²) in [4.78, 5) is 24.3. The number of hydrogen-bond donors (Lipinski definition) is 2. The lowest BCUT2D eigenvalue weighted by atomic mass is 10.1. The molecule has 2 N–H and O–H groups in total. The number of amides is 2. The third kappa shape index (κ3) is 5.47. The Labute approximate surface area is 187 Å². The summed E-state index contributed by atoms with van der Waals surface area (Å²) in [6, 6.07) is 12.4. The van der Waals surface area contributed by atoms with E-state index in [1.165, 1.54) is 24.3 Å². The van der Waals surface area contributed by atoms with Gasteiger partial charge < -0.3 is 10.6 Å². The molecule has 32 heavy (non-hydrogen) atoms. The molecule has 0 fully saturated rings. The Balaban J connectivity index is 1.76. The van der Waals surface area contributed by atoms with Crippen molar-refractivity contribution in [2.24, 2.45) is 5.92 Å². The van der Waals surface area contributed by atoms with Gasteiger partial charge >= 0.3 is 6.18 Å². The van der Waals surface area contributed by atoms with Crippen molar-refractivity contribution in [1.29, 1.82) is 0 Å². The van der Waals surface area contributed by atoms with Crippen molar-refractivity contribution < 1.29 is 22.8 Å². The summed E-state index contributed by atoms with van der Waals surface area (Å²) in [7, 11) is 0. The fourth-order valence-electron chi connectivity index (χ4n) is 2.86. The summed E-state index contributed by atoms with van der Waals surface area (Å²) in [5, 5.41) is 9.21. The number of nitrogens with zero attached hydrogens (tertiary/aromatic N) is 2. The van der Waals surface area contributed by atoms with Crippen molar-refractivity contribution >= 4 is 29.1 Å². The number of halogens is 4. The van der Waals surface area contributed by atoms with Crippen LogP contribution in [0.2, 0.25) is 5.02 Å². The van der Waals surface area contributed by atoms with E-state index < -0.39 is 23.3 Å². The third-order valence-corrected chi connectivity index (χ3v) is 4.77. The van der Waals surface area contributed by atoms with Crippen LogP contribution in [0.5, 0.6) is 0 Å². The number of hydrogen-bond acceptors (Lipinski definition) is 3. The smallest absolute Gasteiger partial charge is 0.348 e. The van der Waals surface area contributed by atoms with Crippen LogP contribution < -0.4 is 10.6 Å². The molecular weight excluding hydrogens is 445 g/mol. The Bertz CT molecular complexity index is 1120. The molecule has 10 heteroatoms. The first-order valence-corrected chi connectivity index (χ1v) is 10.0. The third-order valence-electron chi connectivity index (χ3n) is 4.53. The predicted molar refractivity (Wildman–Crippen MR) is 115 cm³/mol. The molecule has 0 unspecified atom stereocenters. The lowest BCUT2D eigenvalue weighted by Crippen LogP contribution is -2.26. The molecule has 0 aliphatic heterocycles. The number of rotatable bonds is 6. The highest BCUT2D eigenvalue weighted by molar-refractivity contribution is 6.30. The van der Waals surface area contributed by atoms with Crippen LogP contribution in [0.4, 0.5) is 18.9 Å². The van der Waals surface area contributed by atoms with Crippen molar-refractivity contribution in [3.8, 4) is 5.69 Å². The number of nitrogens with one attached hydrogen (secondary N) is 2. The maximum atomic E-state index is 13.7. The van der Waals surface area contributed by atoms with Crippen molar-refractivity contribution in [3.63, 3.8) is 0 Å². The van der Waals surface area contributed by atoms with Crippen LogP contribution in [0.25, 0.3) is 5.69 Å². The zero-order valence-corrected chi connectivity index (χ0v) is 18.0. The Morgan fingerprint density at radius 1 is 1.12 bits per heavy atom. The van der Waals surface area contributed by atoms with Crippen molar-refractivity contribution in [3.05, 3.63) is 76.6 Å². The molecule has 3 rings (SSSR count). The standard InChI is InChI=1S/C22H20ClF3N4O2/c1-13(2)20(31)29-16-8-6-14(7-9-16)11-27-21(32)18-12-28-30(19(18)22(24,25)26)17-5-3-4-15(23)10-17/h3-10,12-13H,11H2,1-2H3,(H,27,32)(H,29,31). The number of aromatic nitrogens is 2. The predicted octanol–water partition coefficient (Wildman–Crippen LogP) is 5.07. The van der Waals surface area contributed by atoms with E-state index in [1.54, 1.807) is 38.1 Å². The molecule has 0 aliphatic rings. The van der Waals surface area contributed by atoms with Gasteiger partial charge in [0.1, 0.15) is 0 Å². The first kappa shape index (κ1) is 23.3. The first-order chi connectivity index (χ1) is 15.1. The minimum absolute atomic E-state index is 0.00309. The second-order valence-electron chi connectivity index (χ2n) is 7.32. The highest BCUT2D eigenvalue weighted by atomic mass is 35.5. The summed E-state index contributed by atoms with van der Waals surface area (Å²) in [5.74, 6) is -1.23. The van der Waals surface area contributed by atoms with Crippen LogP contribution in [0.15, 0.2) is 54.7 Å². The summed E-state index contributed by atoms with van der Waals surface area (Å²) in [5.41, 5.74) is -0.470. The van der Waals surface area contributed by atoms with Gasteiger partial charge in [-0.3, -0.25) is 9.59 Å². The largest absolute Gasteiger partial charge is 0.434 e. The monoisotopic (exact) mass is 464 g/mol. The van der Waals surface area contributed by atoms with Gasteiger partial charge in [-0.15, -0.1) is 0 Å². The summed E-state index contributed by atoms with van der Waals surface area (Å²) < 4.78 is 41.9. The number of anilines is 1. The van der Waals surface area contributed by atoms with Gasteiger partial charge in [-0.1, -0.05) is 43.6 Å². The highest BCUT2D eigenvalue weighted by Crippen LogP contribution is 2.34. The van der Waals surface area contributed by atoms with Crippen LogP contribution in [0, 0.1) is 5.92 Å². The van der Waals surface area contributed by atoms with E-state index >= 15 is 0 Å². The van der Waals surface area contributed by atoms with Gasteiger partial charge in [0, 0.05) is 23.2 Å². The summed E-state index contributed by atoms with van der Waals surface area (Å²) in [6.07, 6.45) is -3.94. The molecule has 0 atom stereocenters. The minimum atomic E-state index is -4.82. The molecule has 2 amide bonds.